The molecular formula is C12H16O2S. The molecule has 1 rings (SSSR count). The minimum atomic E-state index is 0.635. The Balaban J connectivity index is 2.93. The van der Waals surface area contributed by atoms with Crippen LogP contribution >= 0.6 is 12.6 Å². The number of benzene rings is 1. The molecule has 0 saturated heterocycles. The zero-order chi connectivity index (χ0) is 11.1. The SMILES string of the molecule is CCOc1cc(C=CCS)ccc1OC. The van der Waals surface area contributed by atoms with Crippen LogP contribution in [0.2, 0.25) is 0 Å². The Morgan fingerprint density at radius 2 is 2.13 bits per heavy atom. The topological polar surface area (TPSA) is 18.5 Å². The molecule has 0 unspecified atom stereocenters. The summed E-state index contributed by atoms with van der Waals surface area (Å²) < 4.78 is 10.7. The quantitative estimate of drug-likeness (QED) is 0.775. The van der Waals surface area contributed by atoms with Crippen molar-refractivity contribution in [2.24, 2.45) is 0 Å². The minimum absolute atomic E-state index is 0.635. The van der Waals surface area contributed by atoms with E-state index >= 15 is 0 Å². The summed E-state index contributed by atoms with van der Waals surface area (Å²) in [5, 5.41) is 0. The highest BCUT2D eigenvalue weighted by atomic mass is 32.1. The molecule has 15 heavy (non-hydrogen) atoms. The van der Waals surface area contributed by atoms with E-state index in [0.717, 1.165) is 22.8 Å². The Kier molecular flexibility index (Phi) is 5.12. The largest absolute Gasteiger partial charge is 0.493 e. The van der Waals surface area contributed by atoms with E-state index in [1.807, 2.05) is 37.3 Å². The van der Waals surface area contributed by atoms with Gasteiger partial charge in [0.05, 0.1) is 13.7 Å². The van der Waals surface area contributed by atoms with Crippen LogP contribution in [0.5, 0.6) is 11.5 Å². The van der Waals surface area contributed by atoms with Gasteiger partial charge < -0.3 is 9.47 Å². The van der Waals surface area contributed by atoms with Gasteiger partial charge in [-0.1, -0.05) is 18.2 Å². The van der Waals surface area contributed by atoms with Crippen LogP contribution in [0.25, 0.3) is 6.08 Å². The molecule has 0 saturated carbocycles. The van der Waals surface area contributed by atoms with Gasteiger partial charge in [0, 0.05) is 5.75 Å². The first-order valence-corrected chi connectivity index (χ1v) is 5.53. The number of rotatable bonds is 5. The van der Waals surface area contributed by atoms with E-state index < -0.39 is 0 Å². The zero-order valence-electron chi connectivity index (χ0n) is 9.06. The summed E-state index contributed by atoms with van der Waals surface area (Å²) in [4.78, 5) is 0. The van der Waals surface area contributed by atoms with Gasteiger partial charge in [-0.3, -0.25) is 0 Å². The highest BCUT2D eigenvalue weighted by molar-refractivity contribution is 7.80. The van der Waals surface area contributed by atoms with E-state index in [9.17, 15) is 0 Å². The van der Waals surface area contributed by atoms with Crippen molar-refractivity contribution in [3.05, 3.63) is 29.8 Å². The van der Waals surface area contributed by atoms with Gasteiger partial charge in [-0.25, -0.2) is 0 Å². The Labute approximate surface area is 96.3 Å². The first kappa shape index (κ1) is 12.0. The van der Waals surface area contributed by atoms with Crippen molar-refractivity contribution >= 4 is 18.7 Å². The third kappa shape index (κ3) is 3.51. The second-order valence-corrected chi connectivity index (χ2v) is 3.29. The fourth-order valence-corrected chi connectivity index (χ4v) is 1.36. The van der Waals surface area contributed by atoms with Gasteiger partial charge in [0.1, 0.15) is 0 Å². The van der Waals surface area contributed by atoms with Gasteiger partial charge in [0.15, 0.2) is 11.5 Å². The lowest BCUT2D eigenvalue weighted by Gasteiger charge is -2.09. The molecule has 1 aromatic carbocycles. The van der Waals surface area contributed by atoms with Gasteiger partial charge in [-0.15, -0.1) is 0 Å². The van der Waals surface area contributed by atoms with Gasteiger partial charge in [-0.2, -0.15) is 12.6 Å². The third-order valence-corrected chi connectivity index (χ3v) is 2.11. The van der Waals surface area contributed by atoms with Crippen LogP contribution in [-0.4, -0.2) is 19.5 Å². The first-order chi connectivity index (χ1) is 7.31. The molecule has 0 aliphatic carbocycles. The summed E-state index contributed by atoms with van der Waals surface area (Å²) >= 11 is 4.11. The van der Waals surface area contributed by atoms with Crippen LogP contribution in [0, 0.1) is 0 Å². The summed E-state index contributed by atoms with van der Waals surface area (Å²) in [6.07, 6.45) is 4.00. The molecule has 0 heterocycles. The molecule has 82 valence electrons. The van der Waals surface area contributed by atoms with Gasteiger partial charge >= 0.3 is 0 Å². The first-order valence-electron chi connectivity index (χ1n) is 4.90. The highest BCUT2D eigenvalue weighted by Gasteiger charge is 2.03. The average Bonchev–Trinajstić information content (AvgIpc) is 2.27. The van der Waals surface area contributed by atoms with Crippen LogP contribution in [0.3, 0.4) is 0 Å². The molecule has 0 aliphatic heterocycles. The molecule has 0 aliphatic rings. The van der Waals surface area contributed by atoms with Crippen LogP contribution in [0.1, 0.15) is 12.5 Å². The highest BCUT2D eigenvalue weighted by Crippen LogP contribution is 2.28. The molecule has 0 atom stereocenters. The Morgan fingerprint density at radius 1 is 1.33 bits per heavy atom. The van der Waals surface area contributed by atoms with Crippen LogP contribution in [0.15, 0.2) is 24.3 Å². The van der Waals surface area contributed by atoms with Gasteiger partial charge in [0.2, 0.25) is 0 Å². The molecule has 0 fully saturated rings. The predicted molar refractivity (Wildman–Crippen MR) is 67.1 cm³/mol. The van der Waals surface area contributed by atoms with Crippen molar-refractivity contribution in [3.8, 4) is 11.5 Å². The summed E-state index contributed by atoms with van der Waals surface area (Å²) in [6.45, 7) is 2.59. The molecule has 0 amide bonds. The number of thiol groups is 1. The second kappa shape index (κ2) is 6.40. The van der Waals surface area contributed by atoms with Gasteiger partial charge in [-0.05, 0) is 24.6 Å². The fourth-order valence-electron chi connectivity index (χ4n) is 1.25. The molecular weight excluding hydrogens is 208 g/mol. The van der Waals surface area contributed by atoms with Crippen molar-refractivity contribution in [2.45, 2.75) is 6.92 Å². The Hall–Kier alpha value is -1.09. The summed E-state index contributed by atoms with van der Waals surface area (Å²) in [5.41, 5.74) is 1.09. The van der Waals surface area contributed by atoms with Crippen LogP contribution in [0.4, 0.5) is 0 Å². The maximum atomic E-state index is 5.47. The fraction of sp³-hybridized carbons (Fsp3) is 0.333. The molecule has 3 heteroatoms. The number of hydrogen-bond acceptors (Lipinski definition) is 3. The lowest BCUT2D eigenvalue weighted by atomic mass is 10.2. The lowest BCUT2D eigenvalue weighted by Crippen LogP contribution is -1.95. The predicted octanol–water partition coefficient (Wildman–Crippen LogP) is 3.04. The minimum Gasteiger partial charge on any atom is -0.493 e. The normalized spacial score (nSPS) is 10.6. The van der Waals surface area contributed by atoms with Crippen molar-refractivity contribution < 1.29 is 9.47 Å². The average molecular weight is 224 g/mol. The van der Waals surface area contributed by atoms with E-state index in [-0.39, 0.29) is 0 Å². The van der Waals surface area contributed by atoms with E-state index in [1.54, 1.807) is 7.11 Å². The van der Waals surface area contributed by atoms with Crippen LogP contribution in [-0.2, 0) is 0 Å². The van der Waals surface area contributed by atoms with Crippen molar-refractivity contribution in [3.63, 3.8) is 0 Å². The van der Waals surface area contributed by atoms with E-state index in [2.05, 4.69) is 12.6 Å². The Morgan fingerprint density at radius 3 is 2.73 bits per heavy atom. The number of hydrogen-bond donors (Lipinski definition) is 1. The molecule has 1 aromatic rings. The van der Waals surface area contributed by atoms with E-state index in [1.165, 1.54) is 0 Å². The standard InChI is InChI=1S/C12H16O2S/c1-3-14-12-9-10(5-4-8-15)6-7-11(12)13-2/h4-7,9,15H,3,8H2,1-2H3. The third-order valence-electron chi connectivity index (χ3n) is 1.90. The summed E-state index contributed by atoms with van der Waals surface area (Å²) in [5.74, 6) is 2.27. The zero-order valence-corrected chi connectivity index (χ0v) is 9.96. The lowest BCUT2D eigenvalue weighted by molar-refractivity contribution is 0.311. The van der Waals surface area contributed by atoms with Gasteiger partial charge in [0.25, 0.3) is 0 Å². The summed E-state index contributed by atoms with van der Waals surface area (Å²) in [7, 11) is 1.64. The molecule has 2 nitrogen and oxygen atoms in total. The van der Waals surface area contributed by atoms with E-state index in [4.69, 9.17) is 9.47 Å². The second-order valence-electron chi connectivity index (χ2n) is 2.93. The Bertz CT molecular complexity index is 334. The number of methoxy groups -OCH3 is 1. The number of ether oxygens (including phenoxy) is 2. The smallest absolute Gasteiger partial charge is 0.161 e. The van der Waals surface area contributed by atoms with Crippen molar-refractivity contribution in [1.82, 2.24) is 0 Å². The maximum absolute atomic E-state index is 5.47. The molecule has 0 radical (unpaired) electrons. The molecule has 0 aromatic heterocycles. The maximum Gasteiger partial charge on any atom is 0.161 e. The molecule has 0 spiro atoms. The summed E-state index contributed by atoms with van der Waals surface area (Å²) in [6, 6.07) is 5.85. The molecule has 0 N–H and O–H groups in total. The van der Waals surface area contributed by atoms with Crippen LogP contribution < -0.4 is 9.47 Å². The monoisotopic (exact) mass is 224 g/mol. The van der Waals surface area contributed by atoms with Crippen molar-refractivity contribution in [1.29, 1.82) is 0 Å². The molecule has 0 bridgehead atoms. The van der Waals surface area contributed by atoms with Crippen molar-refractivity contribution in [2.75, 3.05) is 19.5 Å². The van der Waals surface area contributed by atoms with E-state index in [0.29, 0.717) is 6.61 Å².